The lowest BCUT2D eigenvalue weighted by Crippen LogP contribution is -2.33. The number of hydrogen-bond acceptors (Lipinski definition) is 7. The summed E-state index contributed by atoms with van der Waals surface area (Å²) < 4.78 is 45.4. The Morgan fingerprint density at radius 2 is 1.62 bits per heavy atom. The highest BCUT2D eigenvalue weighted by Crippen LogP contribution is 2.27. The van der Waals surface area contributed by atoms with Crippen molar-refractivity contribution in [3.05, 3.63) is 52.8 Å². The van der Waals surface area contributed by atoms with Crippen molar-refractivity contribution in [2.75, 3.05) is 60.3 Å². The third-order valence-electron chi connectivity index (χ3n) is 6.13. The zero-order valence-electron chi connectivity index (χ0n) is 25.3. The number of rotatable bonds is 13. The lowest BCUT2D eigenvalue weighted by atomic mass is 10.1. The Balaban J connectivity index is 0.000000402. The number of ether oxygens (including phenoxy) is 1. The minimum absolute atomic E-state index is 0.0337. The number of methoxy groups -OCH3 is 1. The number of hydrogen-bond donors (Lipinski definition) is 1. The van der Waals surface area contributed by atoms with E-state index in [2.05, 4.69) is 5.32 Å². The van der Waals surface area contributed by atoms with Crippen LogP contribution in [0.1, 0.15) is 43.4 Å². The van der Waals surface area contributed by atoms with Gasteiger partial charge in [0.15, 0.2) is 0 Å². The fourth-order valence-corrected chi connectivity index (χ4v) is 5.44. The second-order valence-electron chi connectivity index (χ2n) is 10.1. The number of benzene rings is 2. The summed E-state index contributed by atoms with van der Waals surface area (Å²) in [6, 6.07) is 8.38. The van der Waals surface area contributed by atoms with E-state index in [9.17, 15) is 22.4 Å². The smallest absolute Gasteiger partial charge is 0.243 e. The predicted molar refractivity (Wildman–Crippen MR) is 158 cm³/mol. The first-order chi connectivity index (χ1) is 18.6. The molecule has 224 valence electrons. The summed E-state index contributed by atoms with van der Waals surface area (Å²) in [6.45, 7) is 8.70. The van der Waals surface area contributed by atoms with E-state index >= 15 is 0 Å². The molecule has 0 fully saturated rings. The van der Waals surface area contributed by atoms with E-state index in [4.69, 9.17) is 4.74 Å². The highest BCUT2D eigenvalue weighted by molar-refractivity contribution is 7.89. The van der Waals surface area contributed by atoms with Crippen LogP contribution in [0.25, 0.3) is 0 Å². The van der Waals surface area contributed by atoms with Crippen molar-refractivity contribution >= 4 is 27.4 Å². The number of carbonyl (C=O) groups excluding carboxylic acids is 2. The molecule has 1 N–H and O–H groups in total. The molecule has 0 atom stereocenters. The van der Waals surface area contributed by atoms with Gasteiger partial charge in [0, 0.05) is 47.1 Å². The lowest BCUT2D eigenvalue weighted by molar-refractivity contribution is -0.128. The largest absolute Gasteiger partial charge is 0.497 e. The molecular weight excluding hydrogens is 535 g/mol. The number of anilines is 1. The molecule has 40 heavy (non-hydrogen) atoms. The van der Waals surface area contributed by atoms with Crippen LogP contribution in [0.3, 0.4) is 0 Å². The third kappa shape index (κ3) is 10.9. The van der Waals surface area contributed by atoms with E-state index in [1.54, 1.807) is 44.0 Å². The average Bonchev–Trinajstić information content (AvgIpc) is 2.84. The first kappa shape index (κ1) is 35.0. The summed E-state index contributed by atoms with van der Waals surface area (Å²) >= 11 is 0. The Morgan fingerprint density at radius 3 is 2.10 bits per heavy atom. The molecule has 2 aromatic carbocycles. The van der Waals surface area contributed by atoms with Gasteiger partial charge in [0.2, 0.25) is 15.9 Å². The molecule has 0 saturated heterocycles. The van der Waals surface area contributed by atoms with Gasteiger partial charge in [-0.15, -0.1) is 0 Å². The molecule has 0 aliphatic heterocycles. The van der Waals surface area contributed by atoms with Crippen LogP contribution in [0.2, 0.25) is 0 Å². The SMILES string of the molecule is CC(=O)N(C)Cc1ccc(NCCN(C)C)c(F)c1.CCCC(=O)CN(C)S(=O)(=O)c1c(C)cc(OC)cc1C. The second kappa shape index (κ2) is 16.3. The molecule has 0 saturated carbocycles. The standard InChI is InChI=1S/C15H23NO4S.C14H22FN3O/c1-6-7-13(17)10-16(4)21(18,19)15-11(2)8-14(20-5)9-12(15)3;1-11(19)18(4)10-12-5-6-14(13(15)9-12)16-7-8-17(2)3/h8-9H,6-7,10H2,1-5H3;5-6,9,16H,7-8,10H2,1-4H3. The van der Waals surface area contributed by atoms with Gasteiger partial charge in [0.1, 0.15) is 17.3 Å². The van der Waals surface area contributed by atoms with E-state index in [-0.39, 0.29) is 28.9 Å². The van der Waals surface area contributed by atoms with Crippen LogP contribution in [0.4, 0.5) is 10.1 Å². The van der Waals surface area contributed by atoms with Crippen LogP contribution in [-0.4, -0.2) is 89.1 Å². The first-order valence-corrected chi connectivity index (χ1v) is 14.6. The maximum Gasteiger partial charge on any atom is 0.243 e. The summed E-state index contributed by atoms with van der Waals surface area (Å²) in [7, 11) is 4.93. The molecule has 0 aromatic heterocycles. The fourth-order valence-electron chi connectivity index (χ4n) is 3.88. The van der Waals surface area contributed by atoms with Crippen LogP contribution in [0, 0.1) is 19.7 Å². The predicted octanol–water partition coefficient (Wildman–Crippen LogP) is 4.08. The summed E-state index contributed by atoms with van der Waals surface area (Å²) in [4.78, 5) is 26.6. The first-order valence-electron chi connectivity index (χ1n) is 13.2. The topological polar surface area (TPSA) is 99.3 Å². The third-order valence-corrected chi connectivity index (χ3v) is 8.24. The van der Waals surface area contributed by atoms with E-state index in [0.717, 1.165) is 16.4 Å². The van der Waals surface area contributed by atoms with Gasteiger partial charge in [0.05, 0.1) is 24.2 Å². The molecule has 0 aliphatic rings. The van der Waals surface area contributed by atoms with Gasteiger partial charge in [-0.1, -0.05) is 13.0 Å². The van der Waals surface area contributed by atoms with E-state index in [1.807, 2.05) is 32.0 Å². The second-order valence-corrected chi connectivity index (χ2v) is 12.0. The van der Waals surface area contributed by atoms with E-state index in [0.29, 0.717) is 48.5 Å². The molecule has 0 unspecified atom stereocenters. The normalized spacial score (nSPS) is 11.2. The molecule has 2 aromatic rings. The number of sulfonamides is 1. The zero-order chi connectivity index (χ0) is 30.6. The summed E-state index contributed by atoms with van der Waals surface area (Å²) in [5.41, 5.74) is 2.51. The maximum absolute atomic E-state index is 13.8. The van der Waals surface area contributed by atoms with Crippen molar-refractivity contribution in [1.82, 2.24) is 14.1 Å². The van der Waals surface area contributed by atoms with Crippen molar-refractivity contribution in [3.63, 3.8) is 0 Å². The quantitative estimate of drug-likeness (QED) is 0.381. The van der Waals surface area contributed by atoms with Gasteiger partial charge < -0.3 is 19.9 Å². The molecule has 11 heteroatoms. The van der Waals surface area contributed by atoms with Gasteiger partial charge in [-0.25, -0.2) is 12.8 Å². The number of nitrogens with one attached hydrogen (secondary N) is 1. The van der Waals surface area contributed by atoms with Crippen molar-refractivity contribution in [1.29, 1.82) is 0 Å². The molecule has 2 rings (SSSR count). The Kier molecular flexibility index (Phi) is 14.3. The van der Waals surface area contributed by atoms with Gasteiger partial charge in [0.25, 0.3) is 0 Å². The van der Waals surface area contributed by atoms with Gasteiger partial charge in [-0.3, -0.25) is 9.59 Å². The molecule has 0 bridgehead atoms. The van der Waals surface area contributed by atoms with Crippen LogP contribution in [0.15, 0.2) is 35.2 Å². The van der Waals surface area contributed by atoms with Crippen molar-refractivity contribution < 1.29 is 27.1 Å². The number of likely N-dealkylation sites (N-methyl/N-ethyl adjacent to an activating group) is 2. The Morgan fingerprint density at radius 1 is 1.02 bits per heavy atom. The van der Waals surface area contributed by atoms with Gasteiger partial charge >= 0.3 is 0 Å². The number of ketones is 1. The van der Waals surface area contributed by atoms with E-state index < -0.39 is 10.0 Å². The number of nitrogens with zero attached hydrogens (tertiary/aromatic N) is 3. The van der Waals surface area contributed by atoms with E-state index in [1.165, 1.54) is 27.1 Å². The minimum atomic E-state index is -3.68. The Hall–Kier alpha value is -3.02. The number of halogens is 1. The summed E-state index contributed by atoms with van der Waals surface area (Å²) in [6.07, 6.45) is 1.10. The molecule has 1 amide bonds. The molecule has 0 heterocycles. The fraction of sp³-hybridized carbons (Fsp3) is 0.517. The molecular formula is C29H45FN4O5S. The molecule has 9 nitrogen and oxygen atoms in total. The van der Waals surface area contributed by atoms with Crippen LogP contribution in [0.5, 0.6) is 5.75 Å². The highest BCUT2D eigenvalue weighted by atomic mass is 32.2. The molecule has 0 aliphatic carbocycles. The monoisotopic (exact) mass is 580 g/mol. The number of carbonyl (C=O) groups is 2. The van der Waals surface area contributed by atoms with Gasteiger partial charge in [-0.2, -0.15) is 4.31 Å². The summed E-state index contributed by atoms with van der Waals surface area (Å²) in [5.74, 6) is 0.225. The Bertz CT molecular complexity index is 1230. The Labute approximate surface area is 239 Å². The zero-order valence-corrected chi connectivity index (χ0v) is 26.1. The molecule has 0 radical (unpaired) electrons. The van der Waals surface area contributed by atoms with Gasteiger partial charge in [-0.05, 0) is 75.3 Å². The summed E-state index contributed by atoms with van der Waals surface area (Å²) in [5, 5.41) is 3.05. The van der Waals surface area contributed by atoms with Crippen LogP contribution >= 0.6 is 0 Å². The van der Waals surface area contributed by atoms with Crippen molar-refractivity contribution in [2.45, 2.75) is 52.0 Å². The van der Waals surface area contributed by atoms with Crippen LogP contribution < -0.4 is 10.1 Å². The number of Topliss-reactive ketones (excluding diaryl/α,β-unsaturated/α-hetero) is 1. The van der Waals surface area contributed by atoms with Crippen molar-refractivity contribution in [3.8, 4) is 5.75 Å². The molecule has 0 spiro atoms. The highest BCUT2D eigenvalue weighted by Gasteiger charge is 2.26. The number of aryl methyl sites for hydroxylation is 2. The number of amides is 1. The maximum atomic E-state index is 13.8. The lowest BCUT2D eigenvalue weighted by Gasteiger charge is -2.20. The van der Waals surface area contributed by atoms with Crippen molar-refractivity contribution in [2.24, 2.45) is 0 Å². The van der Waals surface area contributed by atoms with Crippen LogP contribution in [-0.2, 0) is 26.2 Å². The minimum Gasteiger partial charge on any atom is -0.497 e. The average molecular weight is 581 g/mol.